The molecule has 1 saturated carbocycles. The largest absolute Gasteiger partial charge is 0.353 e. The van der Waals surface area contributed by atoms with Crippen LogP contribution in [0, 0.1) is 17.6 Å². The fourth-order valence-electron chi connectivity index (χ4n) is 2.99. The van der Waals surface area contributed by atoms with E-state index in [1.54, 1.807) is 6.92 Å². The zero-order valence-electron chi connectivity index (χ0n) is 12.5. The number of halogens is 2. The first-order valence-corrected chi connectivity index (χ1v) is 7.81. The highest BCUT2D eigenvalue weighted by Crippen LogP contribution is 2.23. The molecule has 1 aliphatic carbocycles. The van der Waals surface area contributed by atoms with E-state index in [4.69, 9.17) is 0 Å². The van der Waals surface area contributed by atoms with Gasteiger partial charge >= 0.3 is 0 Å². The van der Waals surface area contributed by atoms with Gasteiger partial charge in [-0.05, 0) is 38.3 Å². The molecule has 1 aliphatic rings. The number of carbonyl (C=O) groups is 1. The quantitative estimate of drug-likeness (QED) is 0.836. The summed E-state index contributed by atoms with van der Waals surface area (Å²) in [7, 11) is 0. The first-order valence-electron chi connectivity index (χ1n) is 7.81. The molecular weight excluding hydrogens is 272 g/mol. The monoisotopic (exact) mass is 295 g/mol. The molecule has 0 aliphatic heterocycles. The zero-order valence-corrected chi connectivity index (χ0v) is 12.5. The maximum absolute atomic E-state index is 13.6. The fraction of sp³-hybridized carbons (Fsp3) is 0.588. The van der Waals surface area contributed by atoms with Crippen molar-refractivity contribution >= 4 is 5.91 Å². The van der Waals surface area contributed by atoms with E-state index in [0.717, 1.165) is 25.7 Å². The Morgan fingerprint density at radius 3 is 2.33 bits per heavy atom. The van der Waals surface area contributed by atoms with Gasteiger partial charge in [0.25, 0.3) is 0 Å². The van der Waals surface area contributed by atoms with Crippen molar-refractivity contribution in [3.63, 3.8) is 0 Å². The molecule has 0 aromatic heterocycles. The predicted molar refractivity (Wildman–Crippen MR) is 78.9 cm³/mol. The topological polar surface area (TPSA) is 29.1 Å². The summed E-state index contributed by atoms with van der Waals surface area (Å²) in [4.78, 5) is 12.2. The van der Waals surface area contributed by atoms with Crippen LogP contribution in [0.4, 0.5) is 8.78 Å². The highest BCUT2D eigenvalue weighted by atomic mass is 19.1. The second-order valence-electron chi connectivity index (χ2n) is 6.00. The van der Waals surface area contributed by atoms with E-state index in [2.05, 4.69) is 5.32 Å². The summed E-state index contributed by atoms with van der Waals surface area (Å²) >= 11 is 0. The summed E-state index contributed by atoms with van der Waals surface area (Å²) in [6, 6.07) is 3.58. The molecule has 2 nitrogen and oxygen atoms in total. The van der Waals surface area contributed by atoms with Crippen molar-refractivity contribution in [2.45, 2.75) is 57.9 Å². The van der Waals surface area contributed by atoms with Gasteiger partial charge in [0.1, 0.15) is 11.6 Å². The summed E-state index contributed by atoms with van der Waals surface area (Å²) in [6.45, 7) is 1.79. The molecule has 4 heteroatoms. The van der Waals surface area contributed by atoms with Gasteiger partial charge < -0.3 is 5.32 Å². The standard InChI is InChI=1S/C17H23F2NO/c1-12(11-14-15(18)9-6-10-16(14)19)20-17(21)13-7-4-2-3-5-8-13/h6,9-10,12-13H,2-5,7-8,11H2,1H3,(H,20,21)/t12-/m0/s1. The highest BCUT2D eigenvalue weighted by molar-refractivity contribution is 5.78. The summed E-state index contributed by atoms with van der Waals surface area (Å²) in [5.41, 5.74) is 0.0474. The minimum absolute atomic E-state index is 0.0288. The van der Waals surface area contributed by atoms with Crippen LogP contribution in [-0.2, 0) is 11.2 Å². The lowest BCUT2D eigenvalue weighted by Crippen LogP contribution is -2.38. The van der Waals surface area contributed by atoms with Crippen molar-refractivity contribution in [1.29, 1.82) is 0 Å². The number of rotatable bonds is 4. The minimum atomic E-state index is -0.550. The van der Waals surface area contributed by atoms with Crippen molar-refractivity contribution in [3.8, 4) is 0 Å². The SMILES string of the molecule is C[C@@H](Cc1c(F)cccc1F)NC(=O)C1CCCCCC1. The van der Waals surface area contributed by atoms with Crippen LogP contribution in [0.25, 0.3) is 0 Å². The van der Waals surface area contributed by atoms with Gasteiger partial charge in [0.2, 0.25) is 5.91 Å². The Balaban J connectivity index is 1.91. The molecule has 2 rings (SSSR count). The number of hydrogen-bond donors (Lipinski definition) is 1. The molecule has 0 saturated heterocycles. The molecular formula is C17H23F2NO. The number of amides is 1. The average molecular weight is 295 g/mol. The van der Waals surface area contributed by atoms with E-state index in [1.807, 2.05) is 0 Å². The van der Waals surface area contributed by atoms with E-state index < -0.39 is 11.6 Å². The average Bonchev–Trinajstić information content (AvgIpc) is 2.72. The predicted octanol–water partition coefficient (Wildman–Crippen LogP) is 3.98. The lowest BCUT2D eigenvalue weighted by atomic mass is 9.98. The van der Waals surface area contributed by atoms with Gasteiger partial charge in [-0.25, -0.2) is 8.78 Å². The third-order valence-corrected chi connectivity index (χ3v) is 4.19. The third kappa shape index (κ3) is 4.51. The second-order valence-corrected chi connectivity index (χ2v) is 6.00. The van der Waals surface area contributed by atoms with Gasteiger partial charge in [-0.2, -0.15) is 0 Å². The van der Waals surface area contributed by atoms with Crippen LogP contribution in [0.3, 0.4) is 0 Å². The van der Waals surface area contributed by atoms with Crippen LogP contribution < -0.4 is 5.32 Å². The number of hydrogen-bond acceptors (Lipinski definition) is 1. The van der Waals surface area contributed by atoms with Crippen LogP contribution in [0.1, 0.15) is 51.0 Å². The van der Waals surface area contributed by atoms with Crippen LogP contribution in [0.2, 0.25) is 0 Å². The van der Waals surface area contributed by atoms with E-state index >= 15 is 0 Å². The van der Waals surface area contributed by atoms with Gasteiger partial charge in [0.05, 0.1) is 0 Å². The zero-order chi connectivity index (χ0) is 15.2. The Bertz CT molecular complexity index is 461. The minimum Gasteiger partial charge on any atom is -0.353 e. The van der Waals surface area contributed by atoms with Crippen LogP contribution in [0.15, 0.2) is 18.2 Å². The molecule has 0 heterocycles. The molecule has 0 spiro atoms. The van der Waals surface area contributed by atoms with E-state index in [1.165, 1.54) is 31.0 Å². The molecule has 1 aromatic rings. The molecule has 116 valence electrons. The van der Waals surface area contributed by atoms with Crippen molar-refractivity contribution in [3.05, 3.63) is 35.4 Å². The maximum atomic E-state index is 13.6. The second kappa shape index (κ2) is 7.53. The highest BCUT2D eigenvalue weighted by Gasteiger charge is 2.22. The van der Waals surface area contributed by atoms with Crippen molar-refractivity contribution in [2.75, 3.05) is 0 Å². The van der Waals surface area contributed by atoms with Gasteiger partial charge in [-0.15, -0.1) is 0 Å². The third-order valence-electron chi connectivity index (χ3n) is 4.19. The molecule has 1 fully saturated rings. The summed E-state index contributed by atoms with van der Waals surface area (Å²) < 4.78 is 27.2. The van der Waals surface area contributed by atoms with Gasteiger partial charge in [0, 0.05) is 17.5 Å². The number of carbonyl (C=O) groups excluding carboxylic acids is 1. The molecule has 21 heavy (non-hydrogen) atoms. The van der Waals surface area contributed by atoms with Gasteiger partial charge in [-0.1, -0.05) is 31.7 Å². The Kier molecular flexibility index (Phi) is 5.71. The maximum Gasteiger partial charge on any atom is 0.223 e. The van der Waals surface area contributed by atoms with Gasteiger partial charge in [-0.3, -0.25) is 4.79 Å². The molecule has 1 atom stereocenters. The summed E-state index contributed by atoms with van der Waals surface area (Å²) in [5.74, 6) is -1.02. The smallest absolute Gasteiger partial charge is 0.223 e. The van der Waals surface area contributed by atoms with E-state index in [-0.39, 0.29) is 29.9 Å². The summed E-state index contributed by atoms with van der Waals surface area (Å²) in [6.07, 6.45) is 6.60. The lowest BCUT2D eigenvalue weighted by molar-refractivity contribution is -0.126. The summed E-state index contributed by atoms with van der Waals surface area (Å²) in [5, 5.41) is 2.91. The lowest BCUT2D eigenvalue weighted by Gasteiger charge is -2.19. The molecule has 1 amide bonds. The van der Waals surface area contributed by atoms with E-state index in [9.17, 15) is 13.6 Å². The molecule has 1 aromatic carbocycles. The Labute approximate surface area is 124 Å². The first kappa shape index (κ1) is 15.9. The molecule has 0 radical (unpaired) electrons. The van der Waals surface area contributed by atoms with Crippen LogP contribution in [-0.4, -0.2) is 11.9 Å². The van der Waals surface area contributed by atoms with Crippen molar-refractivity contribution in [1.82, 2.24) is 5.32 Å². The fourth-order valence-corrected chi connectivity index (χ4v) is 2.99. The molecule has 0 unspecified atom stereocenters. The Morgan fingerprint density at radius 2 is 1.76 bits per heavy atom. The Morgan fingerprint density at radius 1 is 1.19 bits per heavy atom. The molecule has 0 bridgehead atoms. The number of benzene rings is 1. The normalized spacial score (nSPS) is 18.0. The van der Waals surface area contributed by atoms with Crippen molar-refractivity contribution < 1.29 is 13.6 Å². The van der Waals surface area contributed by atoms with Crippen LogP contribution >= 0.6 is 0 Å². The van der Waals surface area contributed by atoms with Gasteiger partial charge in [0.15, 0.2) is 0 Å². The first-order chi connectivity index (χ1) is 10.1. The van der Waals surface area contributed by atoms with Crippen LogP contribution in [0.5, 0.6) is 0 Å². The van der Waals surface area contributed by atoms with Crippen molar-refractivity contribution in [2.24, 2.45) is 5.92 Å². The Hall–Kier alpha value is -1.45. The molecule has 1 N–H and O–H groups in total. The van der Waals surface area contributed by atoms with E-state index in [0.29, 0.717) is 0 Å². The number of nitrogens with one attached hydrogen (secondary N) is 1.